The highest BCUT2D eigenvalue weighted by Gasteiger charge is 2.45. The lowest BCUT2D eigenvalue weighted by Gasteiger charge is -2.20. The fourth-order valence-corrected chi connectivity index (χ4v) is 3.61. The molecular weight excluding hydrogens is 493 g/mol. The molecule has 0 saturated heterocycles. The van der Waals surface area contributed by atoms with Crippen LogP contribution < -0.4 is 10.6 Å². The Morgan fingerprint density at radius 1 is 1.32 bits per heavy atom. The van der Waals surface area contributed by atoms with Gasteiger partial charge in [-0.1, -0.05) is 34.1 Å². The molecule has 0 bridgehead atoms. The molecule has 1 aromatic heterocycles. The zero-order chi connectivity index (χ0) is 17.0. The minimum atomic E-state index is 0. The number of rotatable bonds is 6. The summed E-state index contributed by atoms with van der Waals surface area (Å²) in [6.07, 6.45) is 6.28. The summed E-state index contributed by atoms with van der Waals surface area (Å²) < 4.78 is 3.00. The van der Waals surface area contributed by atoms with Crippen molar-refractivity contribution in [3.8, 4) is 0 Å². The maximum Gasteiger partial charge on any atom is 0.191 e. The molecule has 1 aliphatic carbocycles. The number of nitrogens with zero attached hydrogens (tertiary/aromatic N) is 3. The molecule has 1 fully saturated rings. The molecule has 136 valence electrons. The van der Waals surface area contributed by atoms with E-state index in [1.165, 1.54) is 22.9 Å². The van der Waals surface area contributed by atoms with Crippen molar-refractivity contribution in [2.24, 2.45) is 12.0 Å². The van der Waals surface area contributed by atoms with Crippen molar-refractivity contribution in [1.82, 2.24) is 20.4 Å². The number of nitrogens with one attached hydrogen (secondary N) is 2. The highest BCUT2D eigenvalue weighted by molar-refractivity contribution is 14.0. The van der Waals surface area contributed by atoms with E-state index >= 15 is 0 Å². The molecule has 2 N–H and O–H groups in total. The average Bonchev–Trinajstić information content (AvgIpc) is 3.25. The lowest BCUT2D eigenvalue weighted by atomic mass is 9.96. The largest absolute Gasteiger partial charge is 0.357 e. The third-order valence-corrected chi connectivity index (χ3v) is 5.11. The van der Waals surface area contributed by atoms with Crippen LogP contribution in [0.25, 0.3) is 0 Å². The van der Waals surface area contributed by atoms with Crippen molar-refractivity contribution in [1.29, 1.82) is 0 Å². The quantitative estimate of drug-likeness (QED) is 0.350. The van der Waals surface area contributed by atoms with E-state index < -0.39 is 0 Å². The molecule has 1 aliphatic rings. The summed E-state index contributed by atoms with van der Waals surface area (Å²) in [6.45, 7) is 4.46. The first kappa shape index (κ1) is 20.2. The predicted molar refractivity (Wildman–Crippen MR) is 116 cm³/mol. The molecule has 0 spiro atoms. The van der Waals surface area contributed by atoms with E-state index in [4.69, 9.17) is 0 Å². The fourth-order valence-electron chi connectivity index (χ4n) is 2.90. The van der Waals surface area contributed by atoms with E-state index in [-0.39, 0.29) is 29.4 Å². The highest BCUT2D eigenvalue weighted by Crippen LogP contribution is 2.49. The number of hydrogen-bond donors (Lipinski definition) is 2. The van der Waals surface area contributed by atoms with Gasteiger partial charge in [0, 0.05) is 41.8 Å². The Kier molecular flexibility index (Phi) is 7.30. The van der Waals surface area contributed by atoms with Gasteiger partial charge < -0.3 is 10.6 Å². The fraction of sp³-hybridized carbons (Fsp3) is 0.444. The molecule has 0 radical (unpaired) electrons. The third kappa shape index (κ3) is 5.20. The number of halogens is 2. The highest BCUT2D eigenvalue weighted by atomic mass is 127. The summed E-state index contributed by atoms with van der Waals surface area (Å²) in [5.41, 5.74) is 2.73. The van der Waals surface area contributed by atoms with Gasteiger partial charge in [-0.3, -0.25) is 4.68 Å². The average molecular weight is 518 g/mol. The lowest BCUT2D eigenvalue weighted by Crippen LogP contribution is -2.41. The summed E-state index contributed by atoms with van der Waals surface area (Å²) in [6, 6.07) is 8.52. The summed E-state index contributed by atoms with van der Waals surface area (Å²) in [4.78, 5) is 4.67. The van der Waals surface area contributed by atoms with Crippen molar-refractivity contribution >= 4 is 45.9 Å². The number of guanidine groups is 1. The number of aliphatic imine (C=N–C) groups is 1. The van der Waals surface area contributed by atoms with Crippen LogP contribution in [-0.2, 0) is 19.0 Å². The van der Waals surface area contributed by atoms with Crippen LogP contribution in [0.2, 0.25) is 0 Å². The van der Waals surface area contributed by atoms with Crippen molar-refractivity contribution in [2.75, 3.05) is 13.1 Å². The van der Waals surface area contributed by atoms with Crippen LogP contribution in [-0.4, -0.2) is 28.8 Å². The maximum absolute atomic E-state index is 4.67. The number of aromatic nitrogens is 2. The molecule has 1 saturated carbocycles. The Hall–Kier alpha value is -1.09. The number of aryl methyl sites for hydroxylation is 1. The van der Waals surface area contributed by atoms with E-state index in [1.807, 2.05) is 19.4 Å². The summed E-state index contributed by atoms with van der Waals surface area (Å²) in [7, 11) is 1.92. The van der Waals surface area contributed by atoms with Gasteiger partial charge in [0.05, 0.1) is 12.7 Å². The normalized spacial score (nSPS) is 15.4. The first-order valence-corrected chi connectivity index (χ1v) is 9.17. The second-order valence-corrected chi connectivity index (χ2v) is 7.19. The Morgan fingerprint density at radius 3 is 2.68 bits per heavy atom. The van der Waals surface area contributed by atoms with Crippen LogP contribution in [0.15, 0.2) is 46.1 Å². The van der Waals surface area contributed by atoms with E-state index in [0.29, 0.717) is 6.54 Å². The van der Waals surface area contributed by atoms with Gasteiger partial charge in [-0.25, -0.2) is 4.99 Å². The van der Waals surface area contributed by atoms with Crippen molar-refractivity contribution < 1.29 is 0 Å². The van der Waals surface area contributed by atoms with Gasteiger partial charge >= 0.3 is 0 Å². The lowest BCUT2D eigenvalue weighted by molar-refractivity contribution is 0.643. The van der Waals surface area contributed by atoms with Gasteiger partial charge in [-0.2, -0.15) is 5.10 Å². The summed E-state index contributed by atoms with van der Waals surface area (Å²) in [5.74, 6) is 0.861. The molecule has 1 aromatic carbocycles. The molecule has 0 atom stereocenters. The maximum atomic E-state index is 4.67. The van der Waals surface area contributed by atoms with Gasteiger partial charge in [0.1, 0.15) is 0 Å². The molecule has 0 aliphatic heterocycles. The molecule has 2 aromatic rings. The van der Waals surface area contributed by atoms with Crippen molar-refractivity contribution in [3.05, 3.63) is 52.3 Å². The smallest absolute Gasteiger partial charge is 0.191 e. The minimum Gasteiger partial charge on any atom is -0.357 e. The van der Waals surface area contributed by atoms with Crippen LogP contribution in [0.1, 0.15) is 30.9 Å². The van der Waals surface area contributed by atoms with Gasteiger partial charge in [0.2, 0.25) is 0 Å². The zero-order valence-electron chi connectivity index (χ0n) is 14.6. The van der Waals surface area contributed by atoms with Gasteiger partial charge in [-0.15, -0.1) is 24.0 Å². The van der Waals surface area contributed by atoms with Crippen molar-refractivity contribution in [3.63, 3.8) is 0 Å². The zero-order valence-corrected chi connectivity index (χ0v) is 18.5. The molecule has 5 nitrogen and oxygen atoms in total. The number of hydrogen-bond acceptors (Lipinski definition) is 2. The molecule has 7 heteroatoms. The Morgan fingerprint density at radius 2 is 2.08 bits per heavy atom. The van der Waals surface area contributed by atoms with Crippen LogP contribution in [0.3, 0.4) is 0 Å². The SMILES string of the molecule is CCNC(=NCc1cnn(C)c1)NCC1(c2ccccc2Br)CC1.I. The molecule has 25 heavy (non-hydrogen) atoms. The van der Waals surface area contributed by atoms with Gasteiger partial charge in [0.25, 0.3) is 0 Å². The van der Waals surface area contributed by atoms with E-state index in [1.54, 1.807) is 4.68 Å². The Labute approximate surface area is 174 Å². The van der Waals surface area contributed by atoms with Crippen LogP contribution in [0.5, 0.6) is 0 Å². The first-order valence-electron chi connectivity index (χ1n) is 8.38. The van der Waals surface area contributed by atoms with Crippen LogP contribution in [0.4, 0.5) is 0 Å². The predicted octanol–water partition coefficient (Wildman–Crippen LogP) is 3.59. The Bertz CT molecular complexity index is 724. The first-order chi connectivity index (χ1) is 11.6. The van der Waals surface area contributed by atoms with Gasteiger partial charge in [0.15, 0.2) is 5.96 Å². The third-order valence-electron chi connectivity index (χ3n) is 4.42. The molecule has 0 amide bonds. The van der Waals surface area contributed by atoms with Crippen LogP contribution >= 0.6 is 39.9 Å². The second-order valence-electron chi connectivity index (χ2n) is 6.33. The molecule has 0 unspecified atom stereocenters. The second kappa shape index (κ2) is 9.02. The Balaban J connectivity index is 0.00000225. The molecule has 3 rings (SSSR count). The van der Waals surface area contributed by atoms with Crippen LogP contribution in [0, 0.1) is 0 Å². The van der Waals surface area contributed by atoms with Gasteiger partial charge in [-0.05, 0) is 31.4 Å². The van der Waals surface area contributed by atoms with E-state index in [9.17, 15) is 0 Å². The van der Waals surface area contributed by atoms with E-state index in [0.717, 1.165) is 24.6 Å². The van der Waals surface area contributed by atoms with Crippen molar-refractivity contribution in [2.45, 2.75) is 31.7 Å². The summed E-state index contributed by atoms with van der Waals surface area (Å²) >= 11 is 3.69. The minimum absolute atomic E-state index is 0. The molecule has 1 heterocycles. The summed E-state index contributed by atoms with van der Waals surface area (Å²) in [5, 5.41) is 11.0. The standard InChI is InChI=1S/C18H24BrN5.HI/c1-3-20-17(21-10-14-11-23-24(2)12-14)22-13-18(8-9-18)15-6-4-5-7-16(15)19;/h4-7,11-12H,3,8-10,13H2,1-2H3,(H2,20,21,22);1H. The van der Waals surface area contributed by atoms with E-state index in [2.05, 4.69) is 67.8 Å². The molecular formula is C18H25BrIN5. The topological polar surface area (TPSA) is 54.2 Å². The number of benzene rings is 1. The monoisotopic (exact) mass is 517 g/mol.